The van der Waals surface area contributed by atoms with Gasteiger partial charge in [0.05, 0.1) is 13.2 Å². The highest BCUT2D eigenvalue weighted by molar-refractivity contribution is 5.91. The molecule has 0 spiro atoms. The Hall–Kier alpha value is -1.53. The Labute approximate surface area is 134 Å². The molecule has 5 nitrogen and oxygen atoms in total. The summed E-state index contributed by atoms with van der Waals surface area (Å²) in [6.07, 6.45) is 2.37. The Bertz CT molecular complexity index is 594. The zero-order valence-corrected chi connectivity index (χ0v) is 12.8. The van der Waals surface area contributed by atoms with Gasteiger partial charge in [0.25, 0.3) is 0 Å². The van der Waals surface area contributed by atoms with E-state index in [0.717, 1.165) is 6.54 Å². The lowest BCUT2D eigenvalue weighted by Gasteiger charge is -2.37. The summed E-state index contributed by atoms with van der Waals surface area (Å²) < 4.78 is 31.3. The molecule has 4 rings (SSSR count). The fraction of sp³-hybridized carbons (Fsp3) is 0.533. The lowest BCUT2D eigenvalue weighted by atomic mass is 10.2. The van der Waals surface area contributed by atoms with Crippen LogP contribution in [0.5, 0.6) is 11.5 Å². The summed E-state index contributed by atoms with van der Waals surface area (Å²) in [5, 5.41) is 3.18. The van der Waals surface area contributed by atoms with Crippen molar-refractivity contribution >= 4 is 18.2 Å². The van der Waals surface area contributed by atoms with Gasteiger partial charge in [-0.05, 0) is 30.9 Å². The van der Waals surface area contributed by atoms with Gasteiger partial charge in [0.1, 0.15) is 0 Å². The average Bonchev–Trinajstić information content (AvgIpc) is 3.16. The fourth-order valence-electron chi connectivity index (χ4n) is 2.53. The second kappa shape index (κ2) is 5.93. The lowest BCUT2D eigenvalue weighted by Crippen LogP contribution is -2.57. The van der Waals surface area contributed by atoms with Crippen LogP contribution in [0.25, 0.3) is 0 Å². The van der Waals surface area contributed by atoms with Gasteiger partial charge in [-0.2, -0.15) is 0 Å². The van der Waals surface area contributed by atoms with Crippen LogP contribution in [-0.2, 0) is 4.74 Å². The van der Waals surface area contributed by atoms with Crippen molar-refractivity contribution in [1.82, 2.24) is 5.32 Å². The maximum absolute atomic E-state index is 13.7. The number of aliphatic imine (C=N–C) groups is 1. The average molecular weight is 329 g/mol. The molecule has 1 atom stereocenters. The van der Waals surface area contributed by atoms with E-state index in [1.807, 2.05) is 0 Å². The first-order valence-electron chi connectivity index (χ1n) is 7.30. The standard InChI is InChI=1S/C15H17FN2O3.ClH/c16-11-2-1-3-12-13(11)19-9-15(21-12,14-17-6-7-18-14)20-8-10-4-5-10;/h1-3,10H,4-9H2,(H,17,18);1H. The monoisotopic (exact) mass is 328 g/mol. The van der Waals surface area contributed by atoms with Crippen molar-refractivity contribution in [3.05, 3.63) is 24.0 Å². The Morgan fingerprint density at radius 1 is 1.41 bits per heavy atom. The molecular formula is C15H18ClFN2O3. The van der Waals surface area contributed by atoms with Crippen molar-refractivity contribution in [3.63, 3.8) is 0 Å². The summed E-state index contributed by atoms with van der Waals surface area (Å²) in [5.41, 5.74) is 0. The summed E-state index contributed by atoms with van der Waals surface area (Å²) in [5.74, 6) is 0.208. The molecule has 7 heteroatoms. The van der Waals surface area contributed by atoms with E-state index in [4.69, 9.17) is 14.2 Å². The zero-order valence-electron chi connectivity index (χ0n) is 12.0. The number of benzene rings is 1. The molecule has 1 aromatic carbocycles. The lowest BCUT2D eigenvalue weighted by molar-refractivity contribution is -0.167. The predicted molar refractivity (Wildman–Crippen MR) is 81.5 cm³/mol. The summed E-state index contributed by atoms with van der Waals surface area (Å²) >= 11 is 0. The van der Waals surface area contributed by atoms with Gasteiger partial charge < -0.3 is 19.5 Å². The van der Waals surface area contributed by atoms with Gasteiger partial charge in [0.2, 0.25) is 0 Å². The number of amidine groups is 1. The molecule has 22 heavy (non-hydrogen) atoms. The van der Waals surface area contributed by atoms with Gasteiger partial charge in [0, 0.05) is 6.54 Å². The van der Waals surface area contributed by atoms with Crippen molar-refractivity contribution in [2.24, 2.45) is 10.9 Å². The Balaban J connectivity index is 0.00000144. The molecule has 1 unspecified atom stereocenters. The number of nitrogens with one attached hydrogen (secondary N) is 1. The summed E-state index contributed by atoms with van der Waals surface area (Å²) in [4.78, 5) is 4.41. The number of nitrogens with zero attached hydrogens (tertiary/aromatic N) is 1. The molecule has 0 bridgehead atoms. The molecule has 0 aromatic heterocycles. The van der Waals surface area contributed by atoms with Gasteiger partial charge in [-0.15, -0.1) is 12.4 Å². The normalized spacial score (nSPS) is 26.0. The van der Waals surface area contributed by atoms with Gasteiger partial charge in [-0.25, -0.2) is 4.39 Å². The Morgan fingerprint density at radius 3 is 3.00 bits per heavy atom. The summed E-state index contributed by atoms with van der Waals surface area (Å²) in [6.45, 7) is 2.14. The number of ether oxygens (including phenoxy) is 3. The minimum absolute atomic E-state index is 0. The molecule has 1 saturated carbocycles. The molecule has 1 aromatic rings. The topological polar surface area (TPSA) is 52.1 Å². The molecule has 1 N–H and O–H groups in total. The Kier molecular flexibility index (Phi) is 4.14. The van der Waals surface area contributed by atoms with Crippen LogP contribution in [0, 0.1) is 11.7 Å². The summed E-state index contributed by atoms with van der Waals surface area (Å²) in [7, 11) is 0. The largest absolute Gasteiger partial charge is 0.479 e. The first kappa shape index (κ1) is 15.4. The quantitative estimate of drug-likeness (QED) is 0.920. The van der Waals surface area contributed by atoms with E-state index in [9.17, 15) is 4.39 Å². The molecule has 1 aliphatic carbocycles. The van der Waals surface area contributed by atoms with E-state index in [0.29, 0.717) is 30.7 Å². The minimum Gasteiger partial charge on any atom is -0.479 e. The predicted octanol–water partition coefficient (Wildman–Crippen LogP) is 2.14. The molecule has 0 saturated heterocycles. The van der Waals surface area contributed by atoms with Gasteiger partial charge in [-0.1, -0.05) is 6.07 Å². The van der Waals surface area contributed by atoms with Crippen LogP contribution >= 0.6 is 12.4 Å². The third-order valence-electron chi connectivity index (χ3n) is 3.90. The van der Waals surface area contributed by atoms with E-state index in [2.05, 4.69) is 10.3 Å². The molecule has 3 aliphatic rings. The highest BCUT2D eigenvalue weighted by atomic mass is 35.5. The first-order valence-corrected chi connectivity index (χ1v) is 7.30. The van der Waals surface area contributed by atoms with E-state index in [1.165, 1.54) is 18.9 Å². The highest BCUT2D eigenvalue weighted by Gasteiger charge is 2.47. The molecular weight excluding hydrogens is 311 g/mol. The zero-order chi connectivity index (χ0) is 14.3. The van der Waals surface area contributed by atoms with Crippen molar-refractivity contribution in [1.29, 1.82) is 0 Å². The summed E-state index contributed by atoms with van der Waals surface area (Å²) in [6, 6.07) is 4.63. The third-order valence-corrected chi connectivity index (χ3v) is 3.90. The molecule has 120 valence electrons. The van der Waals surface area contributed by atoms with Crippen LogP contribution < -0.4 is 14.8 Å². The van der Waals surface area contributed by atoms with Crippen LogP contribution in [0.2, 0.25) is 0 Å². The maximum atomic E-state index is 13.7. The van der Waals surface area contributed by atoms with E-state index in [-0.39, 0.29) is 24.8 Å². The number of rotatable bonds is 4. The van der Waals surface area contributed by atoms with Crippen LogP contribution in [0.3, 0.4) is 0 Å². The van der Waals surface area contributed by atoms with Crippen LogP contribution in [0.15, 0.2) is 23.2 Å². The third kappa shape index (κ3) is 2.73. The van der Waals surface area contributed by atoms with Crippen LogP contribution in [0.1, 0.15) is 12.8 Å². The van der Waals surface area contributed by atoms with Crippen molar-refractivity contribution in [2.75, 3.05) is 26.3 Å². The van der Waals surface area contributed by atoms with E-state index >= 15 is 0 Å². The molecule has 0 radical (unpaired) electrons. The number of hydrogen-bond acceptors (Lipinski definition) is 5. The number of para-hydroxylation sites is 1. The van der Waals surface area contributed by atoms with Crippen molar-refractivity contribution in [3.8, 4) is 11.5 Å². The second-order valence-electron chi connectivity index (χ2n) is 5.62. The Morgan fingerprint density at radius 2 is 2.27 bits per heavy atom. The molecule has 0 amide bonds. The molecule has 2 heterocycles. The number of hydrogen-bond donors (Lipinski definition) is 1. The molecule has 2 aliphatic heterocycles. The maximum Gasteiger partial charge on any atom is 0.304 e. The van der Waals surface area contributed by atoms with Crippen molar-refractivity contribution in [2.45, 2.75) is 18.6 Å². The second-order valence-corrected chi connectivity index (χ2v) is 5.62. The van der Waals surface area contributed by atoms with Gasteiger partial charge in [-0.3, -0.25) is 4.99 Å². The highest BCUT2D eigenvalue weighted by Crippen LogP contribution is 2.39. The number of fused-ring (bicyclic) bond motifs is 1. The fourth-order valence-corrected chi connectivity index (χ4v) is 2.53. The van der Waals surface area contributed by atoms with Crippen molar-refractivity contribution < 1.29 is 18.6 Å². The van der Waals surface area contributed by atoms with Gasteiger partial charge in [0.15, 0.2) is 29.8 Å². The van der Waals surface area contributed by atoms with E-state index in [1.54, 1.807) is 12.1 Å². The van der Waals surface area contributed by atoms with Gasteiger partial charge >= 0.3 is 5.79 Å². The SMILES string of the molecule is Cl.Fc1cccc2c1OCC(OCC1CC1)(C1=NCCN1)O2. The minimum atomic E-state index is -1.08. The van der Waals surface area contributed by atoms with Crippen LogP contribution in [0.4, 0.5) is 4.39 Å². The first-order chi connectivity index (χ1) is 10.3. The smallest absolute Gasteiger partial charge is 0.304 e. The number of halogens is 2. The molecule has 1 fully saturated rings. The van der Waals surface area contributed by atoms with Crippen LogP contribution in [-0.4, -0.2) is 37.9 Å². The van der Waals surface area contributed by atoms with E-state index < -0.39 is 11.6 Å².